The lowest BCUT2D eigenvalue weighted by molar-refractivity contribution is 0.476. The highest BCUT2D eigenvalue weighted by molar-refractivity contribution is 7.85. The molecule has 0 fully saturated rings. The smallest absolute Gasteiger partial charge is 0.266 e. The number of rotatable bonds is 4. The van der Waals surface area contributed by atoms with E-state index in [0.29, 0.717) is 6.42 Å². The molecule has 0 aliphatic heterocycles. The van der Waals surface area contributed by atoms with Gasteiger partial charge in [0.15, 0.2) is 0 Å². The molecule has 1 unspecified atom stereocenters. The van der Waals surface area contributed by atoms with Crippen molar-refractivity contribution in [1.82, 2.24) is 0 Å². The van der Waals surface area contributed by atoms with Crippen LogP contribution in [0.2, 0.25) is 0 Å². The van der Waals surface area contributed by atoms with Gasteiger partial charge in [-0.15, -0.1) is 11.3 Å². The molecule has 2 aromatic rings. The van der Waals surface area contributed by atoms with Gasteiger partial charge in [-0.25, -0.2) is 0 Å². The number of benzene rings is 1. The van der Waals surface area contributed by atoms with Crippen LogP contribution in [0, 0.1) is 0 Å². The van der Waals surface area contributed by atoms with Gasteiger partial charge in [0.2, 0.25) is 0 Å². The van der Waals surface area contributed by atoms with E-state index < -0.39 is 21.9 Å². The minimum absolute atomic E-state index is 0.402. The van der Waals surface area contributed by atoms with Gasteiger partial charge in [-0.05, 0) is 23.9 Å². The summed E-state index contributed by atoms with van der Waals surface area (Å²) in [5.41, 5.74) is 5.68. The highest BCUT2D eigenvalue weighted by atomic mass is 32.2. The van der Waals surface area contributed by atoms with Crippen LogP contribution in [-0.2, 0) is 16.5 Å². The fraction of sp³-hybridized carbons (Fsp3) is 0.273. The zero-order valence-corrected chi connectivity index (χ0v) is 10.7. The molecule has 6 heteroatoms. The summed E-state index contributed by atoms with van der Waals surface area (Å²) in [6, 6.07) is 9.36. The summed E-state index contributed by atoms with van der Waals surface area (Å²) in [4.78, 5) is 1.03. The molecule has 3 N–H and O–H groups in total. The zero-order chi connectivity index (χ0) is 12.5. The SMILES string of the molecule is NC(Cc1cc2ccccc2s1)CS(=O)(=O)O. The number of nitrogens with two attached hydrogens (primary N) is 1. The molecular weight excluding hydrogens is 258 g/mol. The zero-order valence-electron chi connectivity index (χ0n) is 9.04. The predicted octanol–water partition coefficient (Wildman–Crippen LogP) is 1.66. The van der Waals surface area contributed by atoms with Crippen LogP contribution < -0.4 is 5.73 Å². The second-order valence-corrected chi connectivity index (χ2v) is 6.63. The van der Waals surface area contributed by atoms with Crippen molar-refractivity contribution < 1.29 is 13.0 Å². The van der Waals surface area contributed by atoms with Crippen LogP contribution in [0.5, 0.6) is 0 Å². The summed E-state index contributed by atoms with van der Waals surface area (Å²) < 4.78 is 31.2. The van der Waals surface area contributed by atoms with Crippen LogP contribution in [0.1, 0.15) is 4.88 Å². The van der Waals surface area contributed by atoms with Gasteiger partial charge in [0.25, 0.3) is 10.1 Å². The molecule has 92 valence electrons. The van der Waals surface area contributed by atoms with Crippen LogP contribution in [0.15, 0.2) is 30.3 Å². The minimum Gasteiger partial charge on any atom is -0.326 e. The Hall–Kier alpha value is -0.950. The maximum atomic E-state index is 10.7. The average molecular weight is 271 g/mol. The Morgan fingerprint density at radius 3 is 2.71 bits per heavy atom. The van der Waals surface area contributed by atoms with Crippen LogP contribution in [0.25, 0.3) is 10.1 Å². The molecule has 0 spiro atoms. The van der Waals surface area contributed by atoms with Gasteiger partial charge in [0, 0.05) is 15.6 Å². The highest BCUT2D eigenvalue weighted by Gasteiger charge is 2.14. The van der Waals surface area contributed by atoms with E-state index in [1.807, 2.05) is 30.3 Å². The Labute approximate surface area is 104 Å². The molecule has 1 atom stereocenters. The quantitative estimate of drug-likeness (QED) is 0.829. The van der Waals surface area contributed by atoms with Crippen LogP contribution >= 0.6 is 11.3 Å². The van der Waals surface area contributed by atoms with E-state index in [0.717, 1.165) is 15.0 Å². The highest BCUT2D eigenvalue weighted by Crippen LogP contribution is 2.25. The normalized spacial score (nSPS) is 14.0. The molecular formula is C11H13NO3S2. The van der Waals surface area contributed by atoms with E-state index in [1.165, 1.54) is 0 Å². The second kappa shape index (κ2) is 4.73. The Morgan fingerprint density at radius 1 is 1.35 bits per heavy atom. The van der Waals surface area contributed by atoms with Gasteiger partial charge in [-0.3, -0.25) is 4.55 Å². The molecule has 0 amide bonds. The summed E-state index contributed by atoms with van der Waals surface area (Å²) in [6.45, 7) is 0. The van der Waals surface area contributed by atoms with Gasteiger partial charge in [0.05, 0.1) is 5.75 Å². The summed E-state index contributed by atoms with van der Waals surface area (Å²) in [5.74, 6) is -0.402. The predicted molar refractivity (Wildman–Crippen MR) is 69.9 cm³/mol. The van der Waals surface area contributed by atoms with E-state index in [2.05, 4.69) is 0 Å². The molecule has 1 heterocycles. The second-order valence-electron chi connectivity index (χ2n) is 3.96. The monoisotopic (exact) mass is 271 g/mol. The first-order chi connectivity index (χ1) is 7.94. The number of thiophene rings is 1. The summed E-state index contributed by atoms with van der Waals surface area (Å²) in [7, 11) is -3.99. The molecule has 0 bridgehead atoms. The number of fused-ring (bicyclic) bond motifs is 1. The van der Waals surface area contributed by atoms with Gasteiger partial charge >= 0.3 is 0 Å². The maximum absolute atomic E-state index is 10.7. The van der Waals surface area contributed by atoms with Crippen molar-refractivity contribution in [1.29, 1.82) is 0 Å². The summed E-state index contributed by atoms with van der Waals surface area (Å²) in [5, 5.41) is 1.13. The van der Waals surface area contributed by atoms with Crippen LogP contribution in [0.4, 0.5) is 0 Å². The Bertz CT molecular complexity index is 585. The molecule has 0 saturated carbocycles. The van der Waals surface area contributed by atoms with Gasteiger partial charge < -0.3 is 5.73 Å². The van der Waals surface area contributed by atoms with Crippen molar-refractivity contribution in [3.63, 3.8) is 0 Å². The maximum Gasteiger partial charge on any atom is 0.266 e. The molecule has 0 aliphatic rings. The fourth-order valence-corrected chi connectivity index (χ4v) is 3.54. The molecule has 1 aromatic carbocycles. The summed E-state index contributed by atoms with van der Waals surface area (Å²) in [6.07, 6.45) is 0.457. The van der Waals surface area contributed by atoms with Gasteiger partial charge in [0.1, 0.15) is 0 Å². The Kier molecular flexibility index (Phi) is 3.48. The van der Waals surface area contributed by atoms with Crippen molar-refractivity contribution in [2.24, 2.45) is 5.73 Å². The van der Waals surface area contributed by atoms with Gasteiger partial charge in [-0.1, -0.05) is 18.2 Å². The molecule has 1 aromatic heterocycles. The van der Waals surface area contributed by atoms with Gasteiger partial charge in [-0.2, -0.15) is 8.42 Å². The standard InChI is InChI=1S/C11H13NO3S2/c12-9(7-17(13,14)15)6-10-5-8-3-1-2-4-11(8)16-10/h1-5,9H,6-7,12H2,(H,13,14,15). The lowest BCUT2D eigenvalue weighted by Gasteiger charge is -2.06. The first kappa shape index (κ1) is 12.5. The van der Waals surface area contributed by atoms with E-state index in [-0.39, 0.29) is 0 Å². The van der Waals surface area contributed by atoms with Crippen molar-refractivity contribution in [3.05, 3.63) is 35.2 Å². The van der Waals surface area contributed by atoms with Crippen LogP contribution in [-0.4, -0.2) is 24.8 Å². The first-order valence-electron chi connectivity index (χ1n) is 5.12. The third-order valence-corrected chi connectivity index (χ3v) is 4.35. The van der Waals surface area contributed by atoms with Crippen molar-refractivity contribution >= 4 is 31.5 Å². The molecule has 17 heavy (non-hydrogen) atoms. The Morgan fingerprint density at radius 2 is 2.06 bits per heavy atom. The van der Waals surface area contributed by atoms with E-state index >= 15 is 0 Å². The van der Waals surface area contributed by atoms with Crippen LogP contribution in [0.3, 0.4) is 0 Å². The van der Waals surface area contributed by atoms with Crippen molar-refractivity contribution in [2.75, 3.05) is 5.75 Å². The van der Waals surface area contributed by atoms with E-state index in [9.17, 15) is 8.42 Å². The molecule has 0 saturated heterocycles. The minimum atomic E-state index is -3.99. The van der Waals surface area contributed by atoms with Crippen molar-refractivity contribution in [3.8, 4) is 0 Å². The average Bonchev–Trinajstić information content (AvgIpc) is 2.55. The van der Waals surface area contributed by atoms with E-state index in [1.54, 1.807) is 11.3 Å². The third-order valence-electron chi connectivity index (χ3n) is 2.36. The summed E-state index contributed by atoms with van der Waals surface area (Å²) >= 11 is 1.60. The first-order valence-corrected chi connectivity index (χ1v) is 7.55. The number of hydrogen-bond donors (Lipinski definition) is 2. The van der Waals surface area contributed by atoms with Crippen molar-refractivity contribution in [2.45, 2.75) is 12.5 Å². The molecule has 0 aliphatic carbocycles. The molecule has 2 rings (SSSR count). The lowest BCUT2D eigenvalue weighted by atomic mass is 10.2. The molecule has 0 radical (unpaired) electrons. The molecule has 4 nitrogen and oxygen atoms in total. The topological polar surface area (TPSA) is 80.4 Å². The lowest BCUT2D eigenvalue weighted by Crippen LogP contribution is -2.31. The largest absolute Gasteiger partial charge is 0.326 e. The number of hydrogen-bond acceptors (Lipinski definition) is 4. The third kappa shape index (κ3) is 3.50. The van der Waals surface area contributed by atoms with E-state index in [4.69, 9.17) is 10.3 Å². The fourth-order valence-electron chi connectivity index (χ4n) is 1.73. The Balaban J connectivity index is 2.13.